The van der Waals surface area contributed by atoms with Crippen molar-refractivity contribution in [3.8, 4) is 0 Å². The average molecular weight is 186 g/mol. The van der Waals surface area contributed by atoms with Gasteiger partial charge in [-0.15, -0.1) is 5.10 Å². The van der Waals surface area contributed by atoms with Gasteiger partial charge in [0.25, 0.3) is 0 Å². The van der Waals surface area contributed by atoms with Gasteiger partial charge >= 0.3 is 0 Å². The van der Waals surface area contributed by atoms with E-state index < -0.39 is 0 Å². The fraction of sp³-hybridized carbons (Fsp3) is 0.714. The molecule has 0 spiro atoms. The molecule has 12 heavy (non-hydrogen) atoms. The van der Waals surface area contributed by atoms with E-state index in [1.807, 2.05) is 13.8 Å². The lowest BCUT2D eigenvalue weighted by Crippen LogP contribution is -2.15. The van der Waals surface area contributed by atoms with Crippen LogP contribution in [0.25, 0.3) is 0 Å². The number of rotatable bonds is 4. The van der Waals surface area contributed by atoms with Crippen molar-refractivity contribution >= 4 is 11.8 Å². The standard InChI is InChI=1S/C7H14N4S/c1-5(8)3-4-12-7-9-6(2)10-11-7/h5H,3-4,8H2,1-2H3,(H,9,10,11). The summed E-state index contributed by atoms with van der Waals surface area (Å²) in [5.41, 5.74) is 5.60. The summed E-state index contributed by atoms with van der Waals surface area (Å²) in [5.74, 6) is 1.84. The van der Waals surface area contributed by atoms with Crippen LogP contribution >= 0.6 is 11.8 Å². The first-order valence-electron chi connectivity index (χ1n) is 3.96. The second kappa shape index (κ2) is 4.47. The highest BCUT2D eigenvalue weighted by Crippen LogP contribution is 2.13. The molecule has 1 unspecified atom stereocenters. The van der Waals surface area contributed by atoms with Crippen molar-refractivity contribution in [1.29, 1.82) is 0 Å². The quantitative estimate of drug-likeness (QED) is 0.687. The predicted molar refractivity (Wildman–Crippen MR) is 50.1 cm³/mol. The van der Waals surface area contributed by atoms with Crippen LogP contribution in [-0.4, -0.2) is 27.0 Å². The highest BCUT2D eigenvalue weighted by molar-refractivity contribution is 7.99. The number of aryl methyl sites for hydroxylation is 1. The molecule has 1 aromatic rings. The number of hydrogen-bond acceptors (Lipinski definition) is 4. The minimum atomic E-state index is 0.262. The fourth-order valence-electron chi connectivity index (χ4n) is 0.723. The number of hydrogen-bond donors (Lipinski definition) is 2. The molecule has 5 heteroatoms. The fourth-order valence-corrected chi connectivity index (χ4v) is 1.71. The summed E-state index contributed by atoms with van der Waals surface area (Å²) >= 11 is 1.64. The monoisotopic (exact) mass is 186 g/mol. The molecule has 4 nitrogen and oxygen atoms in total. The van der Waals surface area contributed by atoms with Gasteiger partial charge in [-0.1, -0.05) is 11.8 Å². The SMILES string of the molecule is Cc1nc(SCCC(C)N)n[nH]1. The Kier molecular flexibility index (Phi) is 3.55. The first-order chi connectivity index (χ1) is 5.68. The van der Waals surface area contributed by atoms with Crippen LogP contribution in [0.5, 0.6) is 0 Å². The van der Waals surface area contributed by atoms with E-state index in [1.165, 1.54) is 0 Å². The van der Waals surface area contributed by atoms with E-state index in [9.17, 15) is 0 Å². The molecule has 0 radical (unpaired) electrons. The third kappa shape index (κ3) is 3.23. The first kappa shape index (κ1) is 9.54. The van der Waals surface area contributed by atoms with Crippen molar-refractivity contribution < 1.29 is 0 Å². The second-order valence-electron chi connectivity index (χ2n) is 2.82. The zero-order chi connectivity index (χ0) is 8.97. The highest BCUT2D eigenvalue weighted by atomic mass is 32.2. The molecule has 0 aliphatic rings. The van der Waals surface area contributed by atoms with Crippen molar-refractivity contribution in [3.05, 3.63) is 5.82 Å². The topological polar surface area (TPSA) is 67.6 Å². The summed E-state index contributed by atoms with van der Waals surface area (Å²) in [5, 5.41) is 7.61. The molecule has 0 saturated heterocycles. The van der Waals surface area contributed by atoms with Gasteiger partial charge in [0.15, 0.2) is 0 Å². The van der Waals surface area contributed by atoms with Crippen molar-refractivity contribution in [2.75, 3.05) is 5.75 Å². The Morgan fingerprint density at radius 3 is 2.92 bits per heavy atom. The lowest BCUT2D eigenvalue weighted by Gasteiger charge is -2.00. The zero-order valence-corrected chi connectivity index (χ0v) is 8.19. The molecule has 68 valence electrons. The van der Waals surface area contributed by atoms with Crippen LogP contribution in [0, 0.1) is 6.92 Å². The smallest absolute Gasteiger partial charge is 0.208 e. The first-order valence-corrected chi connectivity index (χ1v) is 4.94. The molecular weight excluding hydrogens is 172 g/mol. The zero-order valence-electron chi connectivity index (χ0n) is 7.37. The van der Waals surface area contributed by atoms with Crippen LogP contribution < -0.4 is 5.73 Å². The summed E-state index contributed by atoms with van der Waals surface area (Å²) < 4.78 is 0. The molecule has 1 rings (SSSR count). The minimum absolute atomic E-state index is 0.262. The summed E-state index contributed by atoms with van der Waals surface area (Å²) in [6, 6.07) is 0.262. The molecule has 0 saturated carbocycles. The largest absolute Gasteiger partial charge is 0.328 e. The molecule has 0 bridgehead atoms. The predicted octanol–water partition coefficient (Wildman–Crippen LogP) is 0.943. The Morgan fingerprint density at radius 1 is 1.67 bits per heavy atom. The van der Waals surface area contributed by atoms with Crippen molar-refractivity contribution in [3.63, 3.8) is 0 Å². The van der Waals surface area contributed by atoms with E-state index in [0.717, 1.165) is 23.2 Å². The van der Waals surface area contributed by atoms with Crippen LogP contribution in [0.2, 0.25) is 0 Å². The molecule has 1 aromatic heterocycles. The van der Waals surface area contributed by atoms with Gasteiger partial charge in [-0.25, -0.2) is 4.98 Å². The Hall–Kier alpha value is -0.550. The molecule has 0 aliphatic carbocycles. The molecule has 0 amide bonds. The van der Waals surface area contributed by atoms with E-state index >= 15 is 0 Å². The van der Waals surface area contributed by atoms with Gasteiger partial charge in [0.1, 0.15) is 5.82 Å². The van der Waals surface area contributed by atoms with E-state index in [2.05, 4.69) is 15.2 Å². The number of nitrogens with zero attached hydrogens (tertiary/aromatic N) is 2. The normalized spacial score (nSPS) is 13.2. The summed E-state index contributed by atoms with van der Waals surface area (Å²) in [6.07, 6.45) is 0.998. The molecule has 0 fully saturated rings. The molecule has 1 heterocycles. The number of H-pyrrole nitrogens is 1. The van der Waals surface area contributed by atoms with Crippen molar-refractivity contribution in [2.45, 2.75) is 31.5 Å². The Bertz CT molecular complexity index is 233. The average Bonchev–Trinajstić information content (AvgIpc) is 2.35. The van der Waals surface area contributed by atoms with Gasteiger partial charge in [0, 0.05) is 11.8 Å². The molecular formula is C7H14N4S. The lowest BCUT2D eigenvalue weighted by molar-refractivity contribution is 0.720. The van der Waals surface area contributed by atoms with Crippen LogP contribution in [-0.2, 0) is 0 Å². The maximum atomic E-state index is 5.60. The second-order valence-corrected chi connectivity index (χ2v) is 3.88. The third-order valence-electron chi connectivity index (χ3n) is 1.38. The Morgan fingerprint density at radius 2 is 2.42 bits per heavy atom. The summed E-state index contributed by atoms with van der Waals surface area (Å²) in [7, 11) is 0. The molecule has 1 atom stereocenters. The molecule has 3 N–H and O–H groups in total. The third-order valence-corrected chi connectivity index (χ3v) is 2.26. The van der Waals surface area contributed by atoms with Crippen LogP contribution in [0.1, 0.15) is 19.2 Å². The van der Waals surface area contributed by atoms with Gasteiger partial charge in [-0.05, 0) is 20.3 Å². The number of nitrogens with one attached hydrogen (secondary N) is 1. The van der Waals surface area contributed by atoms with E-state index in [4.69, 9.17) is 5.73 Å². The number of aromatic nitrogens is 3. The van der Waals surface area contributed by atoms with Gasteiger partial charge < -0.3 is 5.73 Å². The van der Waals surface area contributed by atoms with Gasteiger partial charge in [-0.2, -0.15) is 0 Å². The van der Waals surface area contributed by atoms with Crippen molar-refractivity contribution in [2.24, 2.45) is 5.73 Å². The van der Waals surface area contributed by atoms with Gasteiger partial charge in [-0.3, -0.25) is 5.10 Å². The minimum Gasteiger partial charge on any atom is -0.328 e. The van der Waals surface area contributed by atoms with Crippen LogP contribution in [0.4, 0.5) is 0 Å². The Labute approximate surface area is 76.3 Å². The van der Waals surface area contributed by atoms with E-state index in [1.54, 1.807) is 11.8 Å². The van der Waals surface area contributed by atoms with Crippen molar-refractivity contribution in [1.82, 2.24) is 15.2 Å². The van der Waals surface area contributed by atoms with E-state index in [0.29, 0.717) is 0 Å². The van der Waals surface area contributed by atoms with Gasteiger partial charge in [0.2, 0.25) is 5.16 Å². The lowest BCUT2D eigenvalue weighted by atomic mass is 10.3. The molecule has 0 aliphatic heterocycles. The summed E-state index contributed by atoms with van der Waals surface area (Å²) in [4.78, 5) is 4.16. The maximum absolute atomic E-state index is 5.60. The molecule has 0 aromatic carbocycles. The van der Waals surface area contributed by atoms with Crippen LogP contribution in [0.15, 0.2) is 5.16 Å². The number of aromatic amines is 1. The number of nitrogens with two attached hydrogens (primary N) is 1. The van der Waals surface area contributed by atoms with Gasteiger partial charge in [0.05, 0.1) is 0 Å². The highest BCUT2D eigenvalue weighted by Gasteiger charge is 2.00. The maximum Gasteiger partial charge on any atom is 0.208 e. The van der Waals surface area contributed by atoms with E-state index in [-0.39, 0.29) is 6.04 Å². The van der Waals surface area contributed by atoms with Crippen LogP contribution in [0.3, 0.4) is 0 Å². The summed E-state index contributed by atoms with van der Waals surface area (Å²) in [6.45, 7) is 3.90. The number of thioether (sulfide) groups is 1. The Balaban J connectivity index is 2.24.